The summed E-state index contributed by atoms with van der Waals surface area (Å²) < 4.78 is 80.0. The number of halogens is 7. The number of amides is 1. The van der Waals surface area contributed by atoms with E-state index in [4.69, 9.17) is 0 Å². The summed E-state index contributed by atoms with van der Waals surface area (Å²) >= 11 is 2.98. The van der Waals surface area contributed by atoms with E-state index in [0.717, 1.165) is 23.6 Å². The Labute approximate surface area is 182 Å². The van der Waals surface area contributed by atoms with Gasteiger partial charge in [0.05, 0.1) is 10.2 Å². The molecule has 0 spiro atoms. The van der Waals surface area contributed by atoms with Crippen LogP contribution in [0.25, 0.3) is 0 Å². The average molecular weight is 516 g/mol. The Hall–Kier alpha value is -2.05. The summed E-state index contributed by atoms with van der Waals surface area (Å²) in [6.07, 6.45) is -7.45. The first-order valence-corrected chi connectivity index (χ1v) is 10.3. The number of carbonyl (C=O) groups is 1. The molecule has 13 heteroatoms. The maximum absolute atomic E-state index is 13.2. The van der Waals surface area contributed by atoms with Gasteiger partial charge in [0.25, 0.3) is 0 Å². The highest BCUT2D eigenvalue weighted by Gasteiger charge is 2.43. The van der Waals surface area contributed by atoms with Crippen LogP contribution in [0.15, 0.2) is 10.5 Å². The Morgan fingerprint density at radius 1 is 1.23 bits per heavy atom. The molecule has 1 amide bonds. The first kappa shape index (κ1) is 23.6. The summed E-state index contributed by atoms with van der Waals surface area (Å²) in [5.41, 5.74) is -1.37. The van der Waals surface area contributed by atoms with Crippen LogP contribution in [-0.2, 0) is 23.7 Å². The van der Waals surface area contributed by atoms with Gasteiger partial charge in [0.1, 0.15) is 6.04 Å². The van der Waals surface area contributed by atoms with Crippen molar-refractivity contribution in [2.45, 2.75) is 64.0 Å². The fourth-order valence-corrected chi connectivity index (χ4v) is 4.01. The zero-order chi connectivity index (χ0) is 23.1. The largest absolute Gasteiger partial charge is 0.436 e. The Morgan fingerprint density at radius 2 is 1.87 bits per heavy atom. The highest BCUT2D eigenvalue weighted by Crippen LogP contribution is 2.47. The molecule has 1 saturated carbocycles. The van der Waals surface area contributed by atoms with Crippen LogP contribution in [0.2, 0.25) is 0 Å². The molecule has 2 aromatic rings. The summed E-state index contributed by atoms with van der Waals surface area (Å²) in [6, 6.07) is -0.0419. The Morgan fingerprint density at radius 3 is 2.39 bits per heavy atom. The van der Waals surface area contributed by atoms with Crippen molar-refractivity contribution in [3.63, 3.8) is 0 Å². The molecule has 0 saturated heterocycles. The van der Waals surface area contributed by atoms with E-state index in [2.05, 4.69) is 31.4 Å². The second-order valence-electron chi connectivity index (χ2n) is 7.48. The first-order valence-electron chi connectivity index (χ1n) is 9.55. The van der Waals surface area contributed by atoms with Gasteiger partial charge in [-0.2, -0.15) is 36.5 Å². The van der Waals surface area contributed by atoms with E-state index in [-0.39, 0.29) is 23.5 Å². The van der Waals surface area contributed by atoms with E-state index in [1.807, 2.05) is 0 Å². The van der Waals surface area contributed by atoms with E-state index in [1.54, 1.807) is 0 Å². The van der Waals surface area contributed by atoms with E-state index < -0.39 is 35.7 Å². The highest BCUT2D eigenvalue weighted by molar-refractivity contribution is 9.10. The maximum atomic E-state index is 13.2. The molecule has 0 bridgehead atoms. The average Bonchev–Trinajstić information content (AvgIpc) is 3.31. The topological polar surface area (TPSA) is 64.7 Å². The number of aromatic nitrogens is 4. The van der Waals surface area contributed by atoms with Crippen LogP contribution in [0.5, 0.6) is 0 Å². The summed E-state index contributed by atoms with van der Waals surface area (Å²) in [7, 11) is 0. The minimum absolute atomic E-state index is 0.0844. The number of hydrogen-bond acceptors (Lipinski definition) is 3. The molecule has 1 aliphatic carbocycles. The molecule has 6 nitrogen and oxygen atoms in total. The van der Waals surface area contributed by atoms with Gasteiger partial charge in [-0.25, -0.2) is 0 Å². The van der Waals surface area contributed by atoms with Gasteiger partial charge >= 0.3 is 12.4 Å². The van der Waals surface area contributed by atoms with Gasteiger partial charge in [-0.05, 0) is 55.1 Å². The lowest BCUT2D eigenvalue weighted by Crippen LogP contribution is -2.33. The summed E-state index contributed by atoms with van der Waals surface area (Å²) in [5.74, 6) is -0.613. The van der Waals surface area contributed by atoms with Gasteiger partial charge in [-0.3, -0.25) is 14.2 Å². The van der Waals surface area contributed by atoms with Crippen LogP contribution in [-0.4, -0.2) is 32.0 Å². The van der Waals surface area contributed by atoms with Crippen LogP contribution >= 0.6 is 15.9 Å². The number of rotatable bonds is 7. The third-order valence-electron chi connectivity index (χ3n) is 4.98. The lowest BCUT2D eigenvalue weighted by Gasteiger charge is -2.16. The van der Waals surface area contributed by atoms with Crippen LogP contribution < -0.4 is 5.32 Å². The molecular formula is C18H20BrF6N5O. The van der Waals surface area contributed by atoms with Gasteiger partial charge in [-0.15, -0.1) is 0 Å². The van der Waals surface area contributed by atoms with Crippen molar-refractivity contribution in [1.29, 1.82) is 0 Å². The third-order valence-corrected chi connectivity index (χ3v) is 5.77. The lowest BCUT2D eigenvalue weighted by molar-refractivity contribution is -0.142. The van der Waals surface area contributed by atoms with E-state index >= 15 is 0 Å². The van der Waals surface area contributed by atoms with Crippen LogP contribution in [0, 0.1) is 6.92 Å². The van der Waals surface area contributed by atoms with Crippen molar-refractivity contribution in [3.8, 4) is 0 Å². The van der Waals surface area contributed by atoms with E-state index in [0.29, 0.717) is 17.8 Å². The number of nitrogens with one attached hydrogen (secondary N) is 1. The molecule has 0 aliphatic heterocycles. The molecule has 2 aromatic heterocycles. The molecule has 2 heterocycles. The predicted molar refractivity (Wildman–Crippen MR) is 101 cm³/mol. The van der Waals surface area contributed by atoms with Crippen LogP contribution in [0.3, 0.4) is 0 Å². The summed E-state index contributed by atoms with van der Waals surface area (Å²) in [5, 5.41) is 9.75. The quantitative estimate of drug-likeness (QED) is 0.424. The maximum Gasteiger partial charge on any atom is 0.436 e. The molecule has 172 valence electrons. The number of hydrogen-bond donors (Lipinski definition) is 1. The smallest absolute Gasteiger partial charge is 0.354 e. The molecule has 1 N–H and O–H groups in total. The SMILES string of the molecule is Cc1cc(C(F)(F)F)nn1CCCNC(=O)C(C)n1nc(C(F)(F)F)c(Br)c1C1CC1. The van der Waals surface area contributed by atoms with Gasteiger partial charge in [0, 0.05) is 24.7 Å². The van der Waals surface area contributed by atoms with Crippen molar-refractivity contribution in [2.75, 3.05) is 6.54 Å². The van der Waals surface area contributed by atoms with Gasteiger partial charge in [0.15, 0.2) is 11.4 Å². The van der Waals surface area contributed by atoms with Crippen molar-refractivity contribution in [3.05, 3.63) is 33.3 Å². The Kier molecular flexibility index (Phi) is 6.45. The van der Waals surface area contributed by atoms with Crippen molar-refractivity contribution >= 4 is 21.8 Å². The molecular weight excluding hydrogens is 496 g/mol. The predicted octanol–water partition coefficient (Wildman–Crippen LogP) is 4.83. The monoisotopic (exact) mass is 515 g/mol. The molecule has 1 fully saturated rings. The lowest BCUT2D eigenvalue weighted by atomic mass is 10.2. The Bertz CT molecular complexity index is 960. The number of aryl methyl sites for hydroxylation is 2. The zero-order valence-electron chi connectivity index (χ0n) is 16.6. The highest BCUT2D eigenvalue weighted by atomic mass is 79.9. The number of carbonyl (C=O) groups excluding carboxylic acids is 1. The zero-order valence-corrected chi connectivity index (χ0v) is 18.2. The molecule has 31 heavy (non-hydrogen) atoms. The molecule has 3 rings (SSSR count). The summed E-state index contributed by atoms with van der Waals surface area (Å²) in [4.78, 5) is 12.5. The Balaban J connectivity index is 1.61. The normalized spacial score (nSPS) is 15.9. The second-order valence-corrected chi connectivity index (χ2v) is 8.27. The molecule has 1 unspecified atom stereocenters. The first-order chi connectivity index (χ1) is 14.3. The van der Waals surface area contributed by atoms with Crippen molar-refractivity contribution in [1.82, 2.24) is 24.9 Å². The van der Waals surface area contributed by atoms with Crippen molar-refractivity contribution < 1.29 is 31.1 Å². The number of nitrogens with zero attached hydrogens (tertiary/aromatic N) is 4. The van der Waals surface area contributed by atoms with Crippen molar-refractivity contribution in [2.24, 2.45) is 0 Å². The molecule has 1 aliphatic rings. The van der Waals surface area contributed by atoms with Crippen LogP contribution in [0.4, 0.5) is 26.3 Å². The fraction of sp³-hybridized carbons (Fsp3) is 0.611. The minimum Gasteiger partial charge on any atom is -0.354 e. The molecule has 0 radical (unpaired) electrons. The van der Waals surface area contributed by atoms with Gasteiger partial charge in [0.2, 0.25) is 5.91 Å². The van der Waals surface area contributed by atoms with Gasteiger partial charge in [-0.1, -0.05) is 0 Å². The van der Waals surface area contributed by atoms with Crippen LogP contribution in [0.1, 0.15) is 60.9 Å². The minimum atomic E-state index is -4.65. The third kappa shape index (κ3) is 5.24. The molecule has 0 aromatic carbocycles. The molecule has 1 atom stereocenters. The summed E-state index contributed by atoms with van der Waals surface area (Å²) in [6.45, 7) is 3.22. The van der Waals surface area contributed by atoms with Gasteiger partial charge < -0.3 is 5.32 Å². The number of alkyl halides is 6. The standard InChI is InChI=1S/C18H20BrF6N5O/c1-9-8-12(17(20,21)22)27-29(9)7-3-6-26-16(31)10(2)30-14(11-4-5-11)13(19)15(28-30)18(23,24)25/h8,10-11H,3-7H2,1-2H3,(H,26,31). The van der Waals surface area contributed by atoms with E-state index in [1.165, 1.54) is 18.5 Å². The fourth-order valence-electron chi connectivity index (χ4n) is 3.20. The van der Waals surface area contributed by atoms with E-state index in [9.17, 15) is 31.1 Å². The second kappa shape index (κ2) is 8.47.